The molecule has 0 aliphatic rings. The highest BCUT2D eigenvalue weighted by molar-refractivity contribution is 7.99. The normalized spacial score (nSPS) is 10.1. The van der Waals surface area contributed by atoms with E-state index in [9.17, 15) is 0 Å². The number of anilines is 1. The molecule has 0 amide bonds. The van der Waals surface area contributed by atoms with Crippen molar-refractivity contribution in [3.8, 4) is 0 Å². The fourth-order valence-corrected chi connectivity index (χ4v) is 2.87. The quantitative estimate of drug-likeness (QED) is 0.729. The van der Waals surface area contributed by atoms with Crippen LogP contribution in [-0.2, 0) is 0 Å². The Morgan fingerprint density at radius 3 is 2.91 bits per heavy atom. The van der Waals surface area contributed by atoms with E-state index in [2.05, 4.69) is 25.2 Å². The van der Waals surface area contributed by atoms with Crippen molar-refractivity contribution in [3.63, 3.8) is 0 Å². The van der Waals surface area contributed by atoms with Crippen molar-refractivity contribution in [3.05, 3.63) is 10.9 Å². The van der Waals surface area contributed by atoms with Crippen LogP contribution in [0.15, 0.2) is 11.0 Å². The van der Waals surface area contributed by atoms with E-state index in [-0.39, 0.29) is 0 Å². The van der Waals surface area contributed by atoms with Gasteiger partial charge in [-0.3, -0.25) is 0 Å². The first kappa shape index (κ1) is 8.94. The number of rotatable bonds is 3. The predicted molar refractivity (Wildman–Crippen MR) is 55.0 cm³/mol. The van der Waals surface area contributed by atoms with E-state index >= 15 is 0 Å². The first-order valence-corrected chi connectivity index (χ1v) is 5.49. The van der Waals surface area contributed by atoms with Gasteiger partial charge in [0.2, 0.25) is 0 Å². The Hall–Kier alpha value is -0.150. The molecule has 1 rings (SSSR count). The lowest BCUT2D eigenvalue weighted by Crippen LogP contribution is -1.84. The van der Waals surface area contributed by atoms with E-state index in [0.717, 1.165) is 5.75 Å². The molecule has 0 fully saturated rings. The minimum Gasteiger partial charge on any atom is -0.379 e. The van der Waals surface area contributed by atoms with Crippen LogP contribution in [0.5, 0.6) is 0 Å². The molecular formula is C8H13NS2. The van der Waals surface area contributed by atoms with E-state index in [4.69, 9.17) is 0 Å². The summed E-state index contributed by atoms with van der Waals surface area (Å²) in [5.41, 5.74) is 0. The van der Waals surface area contributed by atoms with E-state index < -0.39 is 0 Å². The third-order valence-corrected chi connectivity index (χ3v) is 3.47. The van der Waals surface area contributed by atoms with Crippen molar-refractivity contribution in [1.29, 1.82) is 0 Å². The maximum atomic E-state index is 3.20. The Morgan fingerprint density at radius 2 is 2.36 bits per heavy atom. The van der Waals surface area contributed by atoms with E-state index in [1.807, 2.05) is 30.1 Å². The van der Waals surface area contributed by atoms with Crippen LogP contribution in [0.4, 0.5) is 5.00 Å². The molecule has 0 aromatic carbocycles. The molecule has 11 heavy (non-hydrogen) atoms. The van der Waals surface area contributed by atoms with Crippen molar-refractivity contribution < 1.29 is 0 Å². The third kappa shape index (κ3) is 2.14. The largest absolute Gasteiger partial charge is 0.379 e. The summed E-state index contributed by atoms with van der Waals surface area (Å²) < 4.78 is 0. The van der Waals surface area contributed by atoms with Gasteiger partial charge in [-0.05, 0) is 18.7 Å². The van der Waals surface area contributed by atoms with Gasteiger partial charge in [0, 0.05) is 16.8 Å². The molecule has 62 valence electrons. The van der Waals surface area contributed by atoms with Gasteiger partial charge in [0.15, 0.2) is 0 Å². The molecule has 1 N–H and O–H groups in total. The topological polar surface area (TPSA) is 12.0 Å². The summed E-state index contributed by atoms with van der Waals surface area (Å²) in [4.78, 5) is 2.77. The predicted octanol–water partition coefficient (Wildman–Crippen LogP) is 3.21. The smallest absolute Gasteiger partial charge is 0.102 e. The molecule has 1 heterocycles. The first-order chi connectivity index (χ1) is 5.27. The summed E-state index contributed by atoms with van der Waals surface area (Å²) in [5.74, 6) is 1.14. The summed E-state index contributed by atoms with van der Waals surface area (Å²) in [5, 5.41) is 4.50. The Balaban J connectivity index is 2.83. The SMILES string of the molecule is CCSc1cc(C)sc1NC. The molecule has 1 aromatic heterocycles. The van der Waals surface area contributed by atoms with E-state index in [1.54, 1.807) is 0 Å². The average molecular weight is 187 g/mol. The Labute approximate surface area is 76.2 Å². The highest BCUT2D eigenvalue weighted by atomic mass is 32.2. The lowest BCUT2D eigenvalue weighted by molar-refractivity contribution is 1.43. The summed E-state index contributed by atoms with van der Waals surface area (Å²) >= 11 is 3.72. The molecular weight excluding hydrogens is 174 g/mol. The Kier molecular flexibility index (Phi) is 3.27. The summed E-state index contributed by atoms with van der Waals surface area (Å²) in [6, 6.07) is 2.24. The molecule has 0 aliphatic heterocycles. The number of aryl methyl sites for hydroxylation is 1. The lowest BCUT2D eigenvalue weighted by Gasteiger charge is -1.98. The van der Waals surface area contributed by atoms with Crippen molar-refractivity contribution in [2.75, 3.05) is 18.1 Å². The molecule has 0 aliphatic carbocycles. The van der Waals surface area contributed by atoms with Gasteiger partial charge < -0.3 is 5.32 Å². The molecule has 0 spiro atoms. The second-order valence-corrected chi connectivity index (χ2v) is 4.80. The number of hydrogen-bond acceptors (Lipinski definition) is 3. The Morgan fingerprint density at radius 1 is 1.64 bits per heavy atom. The van der Waals surface area contributed by atoms with Crippen LogP contribution in [0, 0.1) is 6.92 Å². The average Bonchev–Trinajstić information content (AvgIpc) is 2.32. The van der Waals surface area contributed by atoms with Gasteiger partial charge >= 0.3 is 0 Å². The molecule has 0 radical (unpaired) electrons. The number of thiophene rings is 1. The molecule has 3 heteroatoms. The van der Waals surface area contributed by atoms with Crippen LogP contribution in [0.1, 0.15) is 11.8 Å². The second kappa shape index (κ2) is 4.02. The molecule has 0 unspecified atom stereocenters. The summed E-state index contributed by atoms with van der Waals surface area (Å²) in [6.45, 7) is 4.32. The zero-order valence-electron chi connectivity index (χ0n) is 7.10. The summed E-state index contributed by atoms with van der Waals surface area (Å²) in [7, 11) is 1.98. The van der Waals surface area contributed by atoms with Crippen LogP contribution in [0.3, 0.4) is 0 Å². The number of nitrogens with one attached hydrogen (secondary N) is 1. The zero-order chi connectivity index (χ0) is 8.27. The van der Waals surface area contributed by atoms with Gasteiger partial charge in [0.05, 0.1) is 0 Å². The second-order valence-electron chi connectivity index (χ2n) is 2.23. The van der Waals surface area contributed by atoms with Gasteiger partial charge in [-0.1, -0.05) is 6.92 Å². The van der Waals surface area contributed by atoms with Crippen molar-refractivity contribution >= 4 is 28.1 Å². The van der Waals surface area contributed by atoms with Crippen LogP contribution in [-0.4, -0.2) is 12.8 Å². The van der Waals surface area contributed by atoms with Crippen LogP contribution >= 0.6 is 23.1 Å². The lowest BCUT2D eigenvalue weighted by atomic mass is 10.5. The van der Waals surface area contributed by atoms with Crippen molar-refractivity contribution in [2.45, 2.75) is 18.7 Å². The standard InChI is InChI=1S/C8H13NS2/c1-4-10-7-5-6(2)11-8(7)9-3/h5,9H,4H2,1-3H3. The first-order valence-electron chi connectivity index (χ1n) is 3.69. The van der Waals surface area contributed by atoms with E-state index in [1.165, 1.54) is 14.8 Å². The highest BCUT2D eigenvalue weighted by Crippen LogP contribution is 2.34. The fraction of sp³-hybridized carbons (Fsp3) is 0.500. The highest BCUT2D eigenvalue weighted by Gasteiger charge is 2.03. The summed E-state index contributed by atoms with van der Waals surface area (Å²) in [6.07, 6.45) is 0. The zero-order valence-corrected chi connectivity index (χ0v) is 8.73. The van der Waals surface area contributed by atoms with Gasteiger partial charge in [0.1, 0.15) is 5.00 Å². The molecule has 0 atom stereocenters. The minimum atomic E-state index is 1.14. The van der Waals surface area contributed by atoms with Gasteiger partial charge in [-0.2, -0.15) is 0 Å². The molecule has 1 aromatic rings. The van der Waals surface area contributed by atoms with Crippen molar-refractivity contribution in [2.24, 2.45) is 0 Å². The molecule has 1 nitrogen and oxygen atoms in total. The van der Waals surface area contributed by atoms with Gasteiger partial charge in [-0.25, -0.2) is 0 Å². The third-order valence-electron chi connectivity index (χ3n) is 1.35. The van der Waals surface area contributed by atoms with Gasteiger partial charge in [0.25, 0.3) is 0 Å². The van der Waals surface area contributed by atoms with E-state index in [0.29, 0.717) is 0 Å². The molecule has 0 bridgehead atoms. The number of hydrogen-bond donors (Lipinski definition) is 1. The minimum absolute atomic E-state index is 1.14. The maximum absolute atomic E-state index is 3.20. The maximum Gasteiger partial charge on any atom is 0.102 e. The van der Waals surface area contributed by atoms with Crippen molar-refractivity contribution in [1.82, 2.24) is 0 Å². The Bertz CT molecular complexity index is 230. The van der Waals surface area contributed by atoms with Crippen LogP contribution in [0.25, 0.3) is 0 Å². The fourth-order valence-electron chi connectivity index (χ4n) is 0.928. The molecule has 0 saturated carbocycles. The van der Waals surface area contributed by atoms with Gasteiger partial charge in [-0.15, -0.1) is 23.1 Å². The van der Waals surface area contributed by atoms with Crippen LogP contribution in [0.2, 0.25) is 0 Å². The van der Waals surface area contributed by atoms with Crippen LogP contribution < -0.4 is 5.32 Å². The number of thioether (sulfide) groups is 1. The molecule has 0 saturated heterocycles. The monoisotopic (exact) mass is 187 g/mol.